The predicted octanol–water partition coefficient (Wildman–Crippen LogP) is 7.43. The minimum absolute atomic E-state index is 0.0742. The molecule has 1 nitrogen and oxygen atoms in total. The maximum Gasteiger partial charge on any atom is 0.0915 e. The molecule has 1 aliphatic heterocycles. The van der Waals surface area contributed by atoms with Gasteiger partial charge in [0.2, 0.25) is 0 Å². The van der Waals surface area contributed by atoms with E-state index in [9.17, 15) is 0 Å². The molecular formula is C32H24O. The Hall–Kier alpha value is -3.68. The molecule has 0 saturated carbocycles. The van der Waals surface area contributed by atoms with Crippen molar-refractivity contribution in [3.05, 3.63) is 143 Å². The summed E-state index contributed by atoms with van der Waals surface area (Å²) in [5.74, 6) is 0.674. The zero-order valence-corrected chi connectivity index (χ0v) is 18.3. The molecule has 33 heavy (non-hydrogen) atoms. The minimum atomic E-state index is 0.0742. The highest BCUT2D eigenvalue weighted by molar-refractivity contribution is 5.94. The van der Waals surface area contributed by atoms with Gasteiger partial charge in [0.05, 0.1) is 12.2 Å². The molecule has 0 bridgehead atoms. The SMILES string of the molecule is C(=C1\c2ccccc2C2C1OC1/C(=C/c3ccccc3)c3ccccc3C12)/c1ccccc1. The van der Waals surface area contributed by atoms with E-state index in [0.717, 1.165) is 0 Å². The topological polar surface area (TPSA) is 9.23 Å². The van der Waals surface area contributed by atoms with Crippen LogP contribution in [0.2, 0.25) is 0 Å². The van der Waals surface area contributed by atoms with Crippen LogP contribution in [-0.4, -0.2) is 12.2 Å². The van der Waals surface area contributed by atoms with Gasteiger partial charge < -0.3 is 4.74 Å². The molecule has 4 aromatic rings. The molecule has 1 heteroatoms. The Labute approximate surface area is 194 Å². The van der Waals surface area contributed by atoms with Crippen molar-refractivity contribution in [2.75, 3.05) is 0 Å². The lowest BCUT2D eigenvalue weighted by Crippen LogP contribution is -2.12. The van der Waals surface area contributed by atoms with E-state index in [4.69, 9.17) is 4.74 Å². The van der Waals surface area contributed by atoms with Crippen LogP contribution >= 0.6 is 0 Å². The van der Waals surface area contributed by atoms with Gasteiger partial charge in [0.15, 0.2) is 0 Å². The molecule has 4 aromatic carbocycles. The molecular weight excluding hydrogens is 400 g/mol. The molecule has 158 valence electrons. The molecule has 2 aliphatic carbocycles. The van der Waals surface area contributed by atoms with Crippen molar-refractivity contribution >= 4 is 23.3 Å². The number of hydrogen-bond donors (Lipinski definition) is 0. The Morgan fingerprint density at radius 2 is 0.848 bits per heavy atom. The third-order valence-electron chi connectivity index (χ3n) is 7.45. The van der Waals surface area contributed by atoms with Crippen LogP contribution in [0.15, 0.2) is 109 Å². The van der Waals surface area contributed by atoms with Gasteiger partial charge in [-0.3, -0.25) is 0 Å². The fourth-order valence-corrected chi connectivity index (χ4v) is 6.14. The summed E-state index contributed by atoms with van der Waals surface area (Å²) >= 11 is 0. The lowest BCUT2D eigenvalue weighted by Gasteiger charge is -2.17. The lowest BCUT2D eigenvalue weighted by molar-refractivity contribution is 0.110. The molecule has 0 N–H and O–H groups in total. The molecule has 4 atom stereocenters. The Bertz CT molecular complexity index is 1290. The minimum Gasteiger partial charge on any atom is -0.364 e. The molecule has 0 amide bonds. The Morgan fingerprint density at radius 1 is 0.455 bits per heavy atom. The average molecular weight is 425 g/mol. The van der Waals surface area contributed by atoms with Crippen LogP contribution in [0.3, 0.4) is 0 Å². The van der Waals surface area contributed by atoms with Crippen molar-refractivity contribution in [1.29, 1.82) is 0 Å². The molecule has 0 aromatic heterocycles. The molecule has 1 fully saturated rings. The van der Waals surface area contributed by atoms with Gasteiger partial charge in [0, 0.05) is 11.8 Å². The number of benzene rings is 4. The second-order valence-corrected chi connectivity index (χ2v) is 9.22. The molecule has 3 aliphatic rings. The fourth-order valence-electron chi connectivity index (χ4n) is 6.14. The Morgan fingerprint density at radius 3 is 1.30 bits per heavy atom. The first-order chi connectivity index (χ1) is 16.4. The summed E-state index contributed by atoms with van der Waals surface area (Å²) in [6.45, 7) is 0. The van der Waals surface area contributed by atoms with Crippen LogP contribution in [0.4, 0.5) is 0 Å². The maximum absolute atomic E-state index is 7.01. The Kier molecular flexibility index (Phi) is 4.25. The summed E-state index contributed by atoms with van der Waals surface area (Å²) in [4.78, 5) is 0. The van der Waals surface area contributed by atoms with Gasteiger partial charge in [-0.05, 0) is 56.7 Å². The van der Waals surface area contributed by atoms with Gasteiger partial charge in [-0.1, -0.05) is 109 Å². The van der Waals surface area contributed by atoms with Crippen LogP contribution in [-0.2, 0) is 4.74 Å². The highest BCUT2D eigenvalue weighted by atomic mass is 16.5. The van der Waals surface area contributed by atoms with Crippen LogP contribution in [0, 0.1) is 0 Å². The molecule has 0 spiro atoms. The van der Waals surface area contributed by atoms with E-state index in [2.05, 4.69) is 121 Å². The highest BCUT2D eigenvalue weighted by Gasteiger charge is 2.56. The van der Waals surface area contributed by atoms with Crippen LogP contribution in [0.25, 0.3) is 23.3 Å². The van der Waals surface area contributed by atoms with Crippen LogP contribution < -0.4 is 0 Å². The standard InChI is InChI=1S/C32H24O/c1-3-11-21(12-4-1)19-27-23-15-7-9-17-25(23)29-30-26-18-10-8-16-24(26)28(32(30)33-31(27)29)20-22-13-5-2-6-14-22/h1-20,29-32H/b27-19-,28-20+. The summed E-state index contributed by atoms with van der Waals surface area (Å²) in [5, 5.41) is 0. The van der Waals surface area contributed by atoms with Crippen LogP contribution in [0.5, 0.6) is 0 Å². The van der Waals surface area contributed by atoms with E-state index in [-0.39, 0.29) is 12.2 Å². The third-order valence-corrected chi connectivity index (χ3v) is 7.45. The number of ether oxygens (including phenoxy) is 1. The van der Waals surface area contributed by atoms with Crippen molar-refractivity contribution in [3.8, 4) is 0 Å². The van der Waals surface area contributed by atoms with Crippen molar-refractivity contribution in [2.45, 2.75) is 24.0 Å². The number of rotatable bonds is 2. The van der Waals surface area contributed by atoms with E-state index in [1.807, 2.05) is 0 Å². The van der Waals surface area contributed by atoms with Crippen molar-refractivity contribution in [1.82, 2.24) is 0 Å². The van der Waals surface area contributed by atoms with Crippen molar-refractivity contribution in [3.63, 3.8) is 0 Å². The number of hydrogen-bond acceptors (Lipinski definition) is 1. The van der Waals surface area contributed by atoms with E-state index in [0.29, 0.717) is 11.8 Å². The summed E-state index contributed by atoms with van der Waals surface area (Å²) in [7, 11) is 0. The van der Waals surface area contributed by atoms with Gasteiger partial charge in [0.25, 0.3) is 0 Å². The molecule has 1 heterocycles. The summed E-state index contributed by atoms with van der Waals surface area (Å²) in [6, 6.07) is 39.1. The van der Waals surface area contributed by atoms with Gasteiger partial charge in [-0.2, -0.15) is 0 Å². The van der Waals surface area contributed by atoms with E-state index >= 15 is 0 Å². The third kappa shape index (κ3) is 2.90. The predicted molar refractivity (Wildman–Crippen MR) is 136 cm³/mol. The fraction of sp³-hybridized carbons (Fsp3) is 0.125. The summed E-state index contributed by atoms with van der Waals surface area (Å²) in [5.41, 5.74) is 10.6. The molecule has 4 unspecified atom stereocenters. The van der Waals surface area contributed by atoms with Crippen molar-refractivity contribution < 1.29 is 4.74 Å². The maximum atomic E-state index is 7.01. The quantitative estimate of drug-likeness (QED) is 0.325. The van der Waals surface area contributed by atoms with Gasteiger partial charge in [0.1, 0.15) is 0 Å². The zero-order valence-electron chi connectivity index (χ0n) is 18.3. The van der Waals surface area contributed by atoms with Gasteiger partial charge in [-0.15, -0.1) is 0 Å². The largest absolute Gasteiger partial charge is 0.364 e. The summed E-state index contributed by atoms with van der Waals surface area (Å²) < 4.78 is 7.01. The first kappa shape index (κ1) is 18.8. The smallest absolute Gasteiger partial charge is 0.0915 e. The first-order valence-electron chi connectivity index (χ1n) is 11.8. The first-order valence-corrected chi connectivity index (χ1v) is 11.8. The van der Waals surface area contributed by atoms with Crippen molar-refractivity contribution in [2.24, 2.45) is 0 Å². The van der Waals surface area contributed by atoms with E-state index in [1.165, 1.54) is 44.5 Å². The lowest BCUT2D eigenvalue weighted by atomic mass is 9.83. The molecule has 1 saturated heterocycles. The summed E-state index contributed by atoms with van der Waals surface area (Å²) in [6.07, 6.45) is 4.81. The van der Waals surface area contributed by atoms with E-state index in [1.54, 1.807) is 0 Å². The van der Waals surface area contributed by atoms with Gasteiger partial charge >= 0.3 is 0 Å². The molecule has 7 rings (SSSR count). The second-order valence-electron chi connectivity index (χ2n) is 9.22. The monoisotopic (exact) mass is 424 g/mol. The number of fused-ring (bicyclic) bond motifs is 7. The Balaban J connectivity index is 1.40. The van der Waals surface area contributed by atoms with Crippen LogP contribution in [0.1, 0.15) is 45.2 Å². The average Bonchev–Trinajstić information content (AvgIpc) is 3.49. The normalized spacial score (nSPS) is 26.8. The van der Waals surface area contributed by atoms with E-state index < -0.39 is 0 Å². The van der Waals surface area contributed by atoms with Gasteiger partial charge in [-0.25, -0.2) is 0 Å². The molecule has 0 radical (unpaired) electrons. The zero-order chi connectivity index (χ0) is 21.8. The highest BCUT2D eigenvalue weighted by Crippen LogP contribution is 2.62. The second kappa shape index (κ2) is 7.43.